The van der Waals surface area contributed by atoms with Crippen LogP contribution < -0.4 is 5.32 Å². The van der Waals surface area contributed by atoms with Gasteiger partial charge >= 0.3 is 0 Å². The summed E-state index contributed by atoms with van der Waals surface area (Å²) in [5.74, 6) is 0.932. The number of nitrogens with one attached hydrogen (secondary N) is 2. The second-order valence-electron chi connectivity index (χ2n) is 4.76. The molecule has 0 aliphatic rings. The summed E-state index contributed by atoms with van der Waals surface area (Å²) in [6.07, 6.45) is 5.69. The van der Waals surface area contributed by atoms with E-state index in [1.165, 1.54) is 5.56 Å². The van der Waals surface area contributed by atoms with Gasteiger partial charge in [-0.1, -0.05) is 30.3 Å². The van der Waals surface area contributed by atoms with E-state index in [0.717, 1.165) is 30.3 Å². The number of aryl methyl sites for hydroxylation is 1. The van der Waals surface area contributed by atoms with Crippen molar-refractivity contribution in [1.82, 2.24) is 19.7 Å². The summed E-state index contributed by atoms with van der Waals surface area (Å²) in [6.45, 7) is 3.45. The summed E-state index contributed by atoms with van der Waals surface area (Å²) in [5, 5.41) is 7.68. The molecule has 2 aromatic heterocycles. The number of benzene rings is 1. The first-order valence-corrected chi connectivity index (χ1v) is 6.60. The van der Waals surface area contributed by atoms with Gasteiger partial charge in [0.25, 0.3) is 0 Å². The molecule has 102 valence electrons. The lowest BCUT2D eigenvalue weighted by Gasteiger charge is -2.02. The van der Waals surface area contributed by atoms with Crippen molar-refractivity contribution in [1.29, 1.82) is 0 Å². The number of aromatic amines is 1. The van der Waals surface area contributed by atoms with E-state index in [4.69, 9.17) is 0 Å². The Balaban J connectivity index is 1.59. The third kappa shape index (κ3) is 3.06. The molecule has 3 rings (SSSR count). The summed E-state index contributed by atoms with van der Waals surface area (Å²) in [7, 11) is 0. The molecule has 20 heavy (non-hydrogen) atoms. The van der Waals surface area contributed by atoms with Crippen molar-refractivity contribution in [3.05, 3.63) is 66.0 Å². The van der Waals surface area contributed by atoms with Crippen molar-refractivity contribution in [3.8, 4) is 0 Å². The highest BCUT2D eigenvalue weighted by Crippen LogP contribution is 2.09. The molecule has 0 radical (unpaired) electrons. The second kappa shape index (κ2) is 5.61. The summed E-state index contributed by atoms with van der Waals surface area (Å²) in [4.78, 5) is 7.37. The highest BCUT2D eigenvalue weighted by atomic mass is 15.3. The fraction of sp³-hybridized carbons (Fsp3) is 0.200. The van der Waals surface area contributed by atoms with Gasteiger partial charge in [-0.2, -0.15) is 5.10 Å². The number of aromatic nitrogens is 4. The molecule has 0 aliphatic heterocycles. The van der Waals surface area contributed by atoms with E-state index in [1.807, 2.05) is 48.4 Å². The molecule has 2 N–H and O–H groups in total. The van der Waals surface area contributed by atoms with Gasteiger partial charge in [0.1, 0.15) is 5.82 Å². The molecular weight excluding hydrogens is 250 g/mol. The summed E-state index contributed by atoms with van der Waals surface area (Å²) < 4.78 is 1.93. The molecule has 0 aliphatic carbocycles. The van der Waals surface area contributed by atoms with Crippen LogP contribution in [0.1, 0.15) is 17.1 Å². The number of hydrogen-bond acceptors (Lipinski definition) is 3. The molecule has 0 unspecified atom stereocenters. The number of anilines is 1. The van der Waals surface area contributed by atoms with Crippen molar-refractivity contribution < 1.29 is 0 Å². The fourth-order valence-corrected chi connectivity index (χ4v) is 2.07. The minimum absolute atomic E-state index is 0.720. The van der Waals surface area contributed by atoms with E-state index in [0.29, 0.717) is 0 Å². The summed E-state index contributed by atoms with van der Waals surface area (Å²) >= 11 is 0. The molecule has 0 saturated carbocycles. The Kier molecular flexibility index (Phi) is 3.50. The topological polar surface area (TPSA) is 58.5 Å². The fourth-order valence-electron chi connectivity index (χ4n) is 2.07. The van der Waals surface area contributed by atoms with Gasteiger partial charge in [-0.3, -0.25) is 4.68 Å². The van der Waals surface area contributed by atoms with Gasteiger partial charge in [0.2, 0.25) is 0 Å². The Hall–Kier alpha value is -2.56. The number of rotatable bonds is 5. The number of imidazole rings is 1. The molecule has 0 bridgehead atoms. The molecule has 5 heteroatoms. The van der Waals surface area contributed by atoms with Crippen molar-refractivity contribution in [2.24, 2.45) is 0 Å². The predicted molar refractivity (Wildman–Crippen MR) is 78.4 cm³/mol. The van der Waals surface area contributed by atoms with Crippen LogP contribution in [-0.2, 0) is 13.1 Å². The Labute approximate surface area is 117 Å². The van der Waals surface area contributed by atoms with E-state index in [2.05, 4.69) is 32.5 Å². The number of nitrogens with zero attached hydrogens (tertiary/aromatic N) is 3. The zero-order valence-electron chi connectivity index (χ0n) is 11.4. The molecule has 1 aromatic carbocycles. The highest BCUT2D eigenvalue weighted by Gasteiger charge is 2.01. The third-order valence-electron chi connectivity index (χ3n) is 3.06. The highest BCUT2D eigenvalue weighted by molar-refractivity contribution is 5.38. The second-order valence-corrected chi connectivity index (χ2v) is 4.76. The monoisotopic (exact) mass is 267 g/mol. The average molecular weight is 267 g/mol. The molecule has 2 heterocycles. The van der Waals surface area contributed by atoms with Crippen LogP contribution in [0.3, 0.4) is 0 Å². The quantitative estimate of drug-likeness (QED) is 0.747. The minimum atomic E-state index is 0.720. The van der Waals surface area contributed by atoms with Crippen LogP contribution in [0.15, 0.2) is 48.9 Å². The molecule has 0 spiro atoms. The van der Waals surface area contributed by atoms with Gasteiger partial charge in [-0.25, -0.2) is 4.98 Å². The van der Waals surface area contributed by atoms with E-state index < -0.39 is 0 Å². The lowest BCUT2D eigenvalue weighted by atomic mass is 10.2. The SMILES string of the molecule is Cc1ncc(CNc2cnn(Cc3ccccc3)c2)[nH]1. The summed E-state index contributed by atoms with van der Waals surface area (Å²) in [6, 6.07) is 10.3. The standard InChI is InChI=1S/C15H17N5/c1-12-16-7-14(19-12)8-17-15-9-18-20(11-15)10-13-5-3-2-4-6-13/h2-7,9,11,17H,8,10H2,1H3,(H,16,19). The Morgan fingerprint density at radius 2 is 2.05 bits per heavy atom. The van der Waals surface area contributed by atoms with Crippen LogP contribution in [0.25, 0.3) is 0 Å². The van der Waals surface area contributed by atoms with Crippen LogP contribution in [0, 0.1) is 6.92 Å². The van der Waals surface area contributed by atoms with Crippen LogP contribution in [0.2, 0.25) is 0 Å². The van der Waals surface area contributed by atoms with Crippen molar-refractivity contribution in [2.45, 2.75) is 20.0 Å². The van der Waals surface area contributed by atoms with Crippen molar-refractivity contribution >= 4 is 5.69 Å². The lowest BCUT2D eigenvalue weighted by molar-refractivity contribution is 0.687. The van der Waals surface area contributed by atoms with Crippen molar-refractivity contribution in [3.63, 3.8) is 0 Å². The predicted octanol–water partition coefficient (Wildman–Crippen LogP) is 2.58. The molecule has 0 amide bonds. The van der Waals surface area contributed by atoms with Crippen LogP contribution >= 0.6 is 0 Å². The maximum atomic E-state index is 4.36. The largest absolute Gasteiger partial charge is 0.377 e. The van der Waals surface area contributed by atoms with E-state index in [1.54, 1.807) is 0 Å². The first-order valence-electron chi connectivity index (χ1n) is 6.60. The Morgan fingerprint density at radius 1 is 1.20 bits per heavy atom. The average Bonchev–Trinajstić information content (AvgIpc) is 3.07. The van der Waals surface area contributed by atoms with Gasteiger partial charge < -0.3 is 10.3 Å². The number of hydrogen-bond donors (Lipinski definition) is 2. The third-order valence-corrected chi connectivity index (χ3v) is 3.06. The molecular formula is C15H17N5. The maximum absolute atomic E-state index is 4.36. The first kappa shape index (κ1) is 12.5. The van der Waals surface area contributed by atoms with E-state index >= 15 is 0 Å². The normalized spacial score (nSPS) is 10.7. The van der Waals surface area contributed by atoms with Gasteiger partial charge in [-0.05, 0) is 12.5 Å². The van der Waals surface area contributed by atoms with Crippen LogP contribution in [0.5, 0.6) is 0 Å². The molecule has 3 aromatic rings. The van der Waals surface area contributed by atoms with E-state index in [-0.39, 0.29) is 0 Å². The number of H-pyrrole nitrogens is 1. The molecule has 0 atom stereocenters. The van der Waals surface area contributed by atoms with Gasteiger partial charge in [0.15, 0.2) is 0 Å². The van der Waals surface area contributed by atoms with Crippen LogP contribution in [-0.4, -0.2) is 19.7 Å². The van der Waals surface area contributed by atoms with Gasteiger partial charge in [0.05, 0.1) is 36.9 Å². The Bertz CT molecular complexity index is 668. The van der Waals surface area contributed by atoms with Crippen molar-refractivity contribution in [2.75, 3.05) is 5.32 Å². The minimum Gasteiger partial charge on any atom is -0.377 e. The molecule has 0 saturated heterocycles. The van der Waals surface area contributed by atoms with Crippen LogP contribution in [0.4, 0.5) is 5.69 Å². The summed E-state index contributed by atoms with van der Waals surface area (Å²) in [5.41, 5.74) is 3.32. The van der Waals surface area contributed by atoms with Gasteiger partial charge in [-0.15, -0.1) is 0 Å². The maximum Gasteiger partial charge on any atom is 0.103 e. The lowest BCUT2D eigenvalue weighted by Crippen LogP contribution is -2.00. The smallest absolute Gasteiger partial charge is 0.103 e. The molecule has 5 nitrogen and oxygen atoms in total. The van der Waals surface area contributed by atoms with E-state index in [9.17, 15) is 0 Å². The Morgan fingerprint density at radius 3 is 2.80 bits per heavy atom. The zero-order valence-corrected chi connectivity index (χ0v) is 11.4. The zero-order chi connectivity index (χ0) is 13.8. The van der Waals surface area contributed by atoms with Gasteiger partial charge in [0, 0.05) is 6.20 Å². The first-order chi connectivity index (χ1) is 9.79. The molecule has 0 fully saturated rings.